The Kier molecular flexibility index (Phi) is 6.34. The SMILES string of the molecule is CC1(C(=O)NS(=O)(=O)Cc2cccc(Cl)c2)CCN1C(=O)CC1CCCCC1. The summed E-state index contributed by atoms with van der Waals surface area (Å²) in [5.74, 6) is -0.660. The lowest BCUT2D eigenvalue weighted by Crippen LogP contribution is -2.68. The van der Waals surface area contributed by atoms with Crippen molar-refractivity contribution >= 4 is 33.4 Å². The fourth-order valence-corrected chi connectivity index (χ4v) is 5.48. The summed E-state index contributed by atoms with van der Waals surface area (Å²) < 4.78 is 27.0. The number of hydrogen-bond acceptors (Lipinski definition) is 4. The maximum Gasteiger partial charge on any atom is 0.259 e. The molecule has 1 saturated carbocycles. The van der Waals surface area contributed by atoms with Gasteiger partial charge in [0.2, 0.25) is 15.9 Å². The Morgan fingerprint density at radius 2 is 1.96 bits per heavy atom. The van der Waals surface area contributed by atoms with Gasteiger partial charge in [-0.05, 0) is 49.8 Å². The van der Waals surface area contributed by atoms with Gasteiger partial charge in [0.25, 0.3) is 5.91 Å². The van der Waals surface area contributed by atoms with Crippen LogP contribution in [0.3, 0.4) is 0 Å². The predicted molar refractivity (Wildman–Crippen MR) is 108 cm³/mol. The molecule has 1 atom stereocenters. The van der Waals surface area contributed by atoms with Gasteiger partial charge in [-0.2, -0.15) is 0 Å². The van der Waals surface area contributed by atoms with Gasteiger partial charge in [-0.25, -0.2) is 8.42 Å². The van der Waals surface area contributed by atoms with E-state index in [1.165, 1.54) is 11.3 Å². The average molecular weight is 427 g/mol. The fraction of sp³-hybridized carbons (Fsp3) is 0.600. The van der Waals surface area contributed by atoms with Crippen LogP contribution in [0.15, 0.2) is 24.3 Å². The topological polar surface area (TPSA) is 83.6 Å². The van der Waals surface area contributed by atoms with E-state index < -0.39 is 21.5 Å². The van der Waals surface area contributed by atoms with Crippen molar-refractivity contribution in [2.45, 2.75) is 63.2 Å². The lowest BCUT2D eigenvalue weighted by Gasteiger charge is -2.49. The minimum absolute atomic E-state index is 0.0527. The Morgan fingerprint density at radius 3 is 2.57 bits per heavy atom. The molecule has 6 nitrogen and oxygen atoms in total. The molecule has 1 N–H and O–H groups in total. The highest BCUT2D eigenvalue weighted by molar-refractivity contribution is 7.89. The summed E-state index contributed by atoms with van der Waals surface area (Å²) in [7, 11) is -3.88. The minimum Gasteiger partial charge on any atom is -0.328 e. The van der Waals surface area contributed by atoms with Crippen LogP contribution in [-0.4, -0.2) is 37.2 Å². The van der Waals surface area contributed by atoms with E-state index >= 15 is 0 Å². The lowest BCUT2D eigenvalue weighted by molar-refractivity contribution is -0.157. The summed E-state index contributed by atoms with van der Waals surface area (Å²) in [5, 5.41) is 0.435. The molecule has 1 aromatic rings. The highest BCUT2D eigenvalue weighted by atomic mass is 35.5. The zero-order chi connectivity index (χ0) is 20.4. The minimum atomic E-state index is -3.88. The number of sulfonamides is 1. The number of halogens is 1. The summed E-state index contributed by atoms with van der Waals surface area (Å²) in [5.41, 5.74) is -0.607. The predicted octanol–water partition coefficient (Wildman–Crippen LogP) is 3.25. The molecule has 0 bridgehead atoms. The maximum absolute atomic E-state index is 12.7. The van der Waals surface area contributed by atoms with Crippen molar-refractivity contribution in [2.75, 3.05) is 6.54 Å². The first-order chi connectivity index (χ1) is 13.2. The van der Waals surface area contributed by atoms with E-state index in [1.807, 2.05) is 0 Å². The van der Waals surface area contributed by atoms with E-state index in [9.17, 15) is 18.0 Å². The van der Waals surface area contributed by atoms with Gasteiger partial charge in [0.05, 0.1) is 5.75 Å². The molecule has 8 heteroatoms. The number of hydrogen-bond donors (Lipinski definition) is 1. The second kappa shape index (κ2) is 8.41. The molecule has 28 heavy (non-hydrogen) atoms. The molecule has 1 saturated heterocycles. The Morgan fingerprint density at radius 1 is 1.25 bits per heavy atom. The maximum atomic E-state index is 12.7. The number of nitrogens with zero attached hydrogens (tertiary/aromatic N) is 1. The molecule has 0 spiro atoms. The van der Waals surface area contributed by atoms with Crippen molar-refractivity contribution in [3.05, 3.63) is 34.9 Å². The third-order valence-electron chi connectivity index (χ3n) is 5.89. The van der Waals surface area contributed by atoms with Gasteiger partial charge < -0.3 is 4.90 Å². The molecule has 2 fully saturated rings. The fourth-order valence-electron chi connectivity index (χ4n) is 4.08. The molecule has 1 aliphatic carbocycles. The van der Waals surface area contributed by atoms with Gasteiger partial charge in [0, 0.05) is 18.0 Å². The molecule has 0 aromatic heterocycles. The molecule has 1 aromatic carbocycles. The van der Waals surface area contributed by atoms with Crippen molar-refractivity contribution in [1.82, 2.24) is 9.62 Å². The standard InChI is InChI=1S/C20H27ClN2O4S/c1-20(10-11-23(20)18(24)13-15-6-3-2-4-7-15)19(25)22-28(26,27)14-16-8-5-9-17(21)12-16/h5,8-9,12,15H,2-4,6-7,10-11,13-14H2,1H3,(H,22,25). The number of nitrogens with one attached hydrogen (secondary N) is 1. The summed E-state index contributed by atoms with van der Waals surface area (Å²) in [6.45, 7) is 2.13. The smallest absolute Gasteiger partial charge is 0.259 e. The van der Waals surface area contributed by atoms with Gasteiger partial charge in [-0.1, -0.05) is 43.0 Å². The molecular weight excluding hydrogens is 400 g/mol. The van der Waals surface area contributed by atoms with Gasteiger partial charge in [-0.3, -0.25) is 14.3 Å². The third-order valence-corrected chi connectivity index (χ3v) is 7.33. The number of amides is 2. The number of rotatable bonds is 6. The quantitative estimate of drug-likeness (QED) is 0.756. The highest BCUT2D eigenvalue weighted by Crippen LogP contribution is 2.34. The largest absolute Gasteiger partial charge is 0.328 e. The first-order valence-electron chi connectivity index (χ1n) is 9.79. The zero-order valence-electron chi connectivity index (χ0n) is 16.1. The molecule has 2 aliphatic rings. The summed E-state index contributed by atoms with van der Waals surface area (Å²) in [6, 6.07) is 6.51. The van der Waals surface area contributed by atoms with Crippen molar-refractivity contribution in [1.29, 1.82) is 0 Å². The van der Waals surface area contributed by atoms with Gasteiger partial charge in [0.15, 0.2) is 0 Å². The van der Waals surface area contributed by atoms with Gasteiger partial charge in [0.1, 0.15) is 5.54 Å². The van der Waals surface area contributed by atoms with Crippen LogP contribution in [0.1, 0.15) is 57.4 Å². The number of benzene rings is 1. The van der Waals surface area contributed by atoms with E-state index in [4.69, 9.17) is 11.6 Å². The van der Waals surface area contributed by atoms with Crippen molar-refractivity contribution < 1.29 is 18.0 Å². The van der Waals surface area contributed by atoms with Gasteiger partial charge >= 0.3 is 0 Å². The van der Waals surface area contributed by atoms with Crippen molar-refractivity contribution in [2.24, 2.45) is 5.92 Å². The molecule has 1 aliphatic heterocycles. The van der Waals surface area contributed by atoms with Crippen LogP contribution in [0.2, 0.25) is 5.02 Å². The van der Waals surface area contributed by atoms with Crippen molar-refractivity contribution in [3.63, 3.8) is 0 Å². The second-order valence-electron chi connectivity index (χ2n) is 8.10. The van der Waals surface area contributed by atoms with Gasteiger partial charge in [-0.15, -0.1) is 0 Å². The normalized spacial score (nSPS) is 23.1. The highest BCUT2D eigenvalue weighted by Gasteiger charge is 2.50. The molecule has 3 rings (SSSR count). The average Bonchev–Trinajstić information content (AvgIpc) is 2.60. The Hall–Kier alpha value is -1.60. The Bertz CT molecular complexity index is 852. The summed E-state index contributed by atoms with van der Waals surface area (Å²) >= 11 is 5.89. The van der Waals surface area contributed by atoms with E-state index in [2.05, 4.69) is 4.72 Å². The molecule has 154 valence electrons. The monoisotopic (exact) mass is 426 g/mol. The van der Waals surface area contributed by atoms with Crippen LogP contribution in [0.4, 0.5) is 0 Å². The Labute approximate surface area is 171 Å². The van der Waals surface area contributed by atoms with Crippen LogP contribution in [0.5, 0.6) is 0 Å². The van der Waals surface area contributed by atoms with Crippen LogP contribution < -0.4 is 4.72 Å². The number of carbonyl (C=O) groups is 2. The third kappa shape index (κ3) is 4.87. The molecule has 0 radical (unpaired) electrons. The van der Waals surface area contributed by atoms with E-state index in [-0.39, 0.29) is 11.7 Å². The zero-order valence-corrected chi connectivity index (χ0v) is 17.7. The molecular formula is C20H27ClN2O4S. The lowest BCUT2D eigenvalue weighted by atomic mass is 9.82. The van der Waals surface area contributed by atoms with E-state index in [1.54, 1.807) is 31.2 Å². The van der Waals surface area contributed by atoms with Crippen LogP contribution in [-0.2, 0) is 25.4 Å². The van der Waals surface area contributed by atoms with E-state index in [0.29, 0.717) is 35.9 Å². The van der Waals surface area contributed by atoms with Crippen LogP contribution in [0.25, 0.3) is 0 Å². The molecule has 1 unspecified atom stereocenters. The molecule has 1 heterocycles. The molecule has 2 amide bonds. The first-order valence-corrected chi connectivity index (χ1v) is 11.8. The number of carbonyl (C=O) groups excluding carboxylic acids is 2. The summed E-state index contributed by atoms with van der Waals surface area (Å²) in [4.78, 5) is 26.9. The number of likely N-dealkylation sites (tertiary alicyclic amines) is 1. The summed E-state index contributed by atoms with van der Waals surface area (Å²) in [6.07, 6.45) is 6.53. The van der Waals surface area contributed by atoms with Crippen LogP contribution in [0, 0.1) is 5.92 Å². The van der Waals surface area contributed by atoms with E-state index in [0.717, 1.165) is 25.7 Å². The Balaban J connectivity index is 1.61. The second-order valence-corrected chi connectivity index (χ2v) is 10.3. The van der Waals surface area contributed by atoms with Crippen molar-refractivity contribution in [3.8, 4) is 0 Å². The first kappa shape index (κ1) is 21.1. The van der Waals surface area contributed by atoms with Crippen LogP contribution >= 0.6 is 11.6 Å².